The van der Waals surface area contributed by atoms with Crippen LogP contribution in [0.2, 0.25) is 0 Å². The summed E-state index contributed by atoms with van der Waals surface area (Å²) in [7, 11) is 0. The van der Waals surface area contributed by atoms with E-state index in [9.17, 15) is 0 Å². The van der Waals surface area contributed by atoms with Crippen molar-refractivity contribution in [1.82, 2.24) is 0 Å². The van der Waals surface area contributed by atoms with Crippen molar-refractivity contribution in [2.45, 2.75) is 78.1 Å². The lowest BCUT2D eigenvalue weighted by molar-refractivity contribution is -0.0435. The Labute approximate surface area is 108 Å². The first-order valence-electron chi connectivity index (χ1n) is 7.83. The van der Waals surface area contributed by atoms with Crippen molar-refractivity contribution < 1.29 is 0 Å². The maximum Gasteiger partial charge on any atom is -0.00773 e. The van der Waals surface area contributed by atoms with Crippen LogP contribution in [0.3, 0.4) is 0 Å². The monoisotopic (exact) mass is 237 g/mol. The van der Waals surface area contributed by atoms with Gasteiger partial charge in [-0.05, 0) is 74.7 Å². The third-order valence-electron chi connectivity index (χ3n) is 6.10. The summed E-state index contributed by atoms with van der Waals surface area (Å²) >= 11 is 0. The molecular weight excluding hydrogens is 206 g/mol. The number of rotatable bonds is 6. The van der Waals surface area contributed by atoms with E-state index in [1.54, 1.807) is 0 Å². The van der Waals surface area contributed by atoms with Gasteiger partial charge < -0.3 is 5.73 Å². The molecule has 0 atom stereocenters. The first-order chi connectivity index (χ1) is 8.13. The van der Waals surface area contributed by atoms with Gasteiger partial charge in [0.05, 0.1) is 0 Å². The van der Waals surface area contributed by atoms with E-state index in [0.29, 0.717) is 0 Å². The first-order valence-corrected chi connectivity index (χ1v) is 7.83. The van der Waals surface area contributed by atoms with E-state index < -0.39 is 0 Å². The smallest absolute Gasteiger partial charge is 0.00773 e. The highest BCUT2D eigenvalue weighted by Gasteiger charge is 2.49. The van der Waals surface area contributed by atoms with E-state index in [-0.39, 0.29) is 0 Å². The van der Waals surface area contributed by atoms with Gasteiger partial charge in [0.1, 0.15) is 0 Å². The van der Waals surface area contributed by atoms with Crippen LogP contribution in [0.4, 0.5) is 0 Å². The van der Waals surface area contributed by atoms with Crippen molar-refractivity contribution in [3.05, 3.63) is 0 Å². The maximum atomic E-state index is 5.57. The second-order valence-corrected chi connectivity index (χ2v) is 7.12. The normalized spacial score (nSPS) is 36.7. The molecule has 0 spiro atoms. The van der Waals surface area contributed by atoms with Crippen molar-refractivity contribution in [1.29, 1.82) is 0 Å². The Kier molecular flexibility index (Phi) is 4.18. The van der Waals surface area contributed by atoms with Crippen molar-refractivity contribution in [3.63, 3.8) is 0 Å². The Morgan fingerprint density at radius 2 is 1.47 bits per heavy atom. The van der Waals surface area contributed by atoms with Gasteiger partial charge in [-0.1, -0.05) is 26.7 Å². The number of hydrogen-bond donors (Lipinski definition) is 1. The largest absolute Gasteiger partial charge is 0.330 e. The van der Waals surface area contributed by atoms with Crippen LogP contribution in [-0.2, 0) is 0 Å². The topological polar surface area (TPSA) is 26.0 Å². The Morgan fingerprint density at radius 1 is 0.882 bits per heavy atom. The lowest BCUT2D eigenvalue weighted by Crippen LogP contribution is -2.44. The van der Waals surface area contributed by atoms with Crippen LogP contribution in [-0.4, -0.2) is 6.54 Å². The zero-order chi connectivity index (χ0) is 12.4. The molecule has 17 heavy (non-hydrogen) atoms. The minimum Gasteiger partial charge on any atom is -0.330 e. The molecule has 1 nitrogen and oxygen atoms in total. The molecule has 3 rings (SSSR count). The second kappa shape index (κ2) is 5.30. The highest BCUT2D eigenvalue weighted by atomic mass is 14.5. The Balaban J connectivity index is 1.82. The van der Waals surface area contributed by atoms with Crippen LogP contribution >= 0.6 is 0 Å². The fourth-order valence-electron chi connectivity index (χ4n) is 4.35. The van der Waals surface area contributed by atoms with Gasteiger partial charge in [0.25, 0.3) is 0 Å². The number of unbranched alkanes of at least 4 members (excludes halogenated alkanes) is 2. The molecule has 3 aliphatic rings. The summed E-state index contributed by atoms with van der Waals surface area (Å²) in [6.07, 6.45) is 14.6. The minimum absolute atomic E-state index is 0.735. The minimum atomic E-state index is 0.735. The van der Waals surface area contributed by atoms with Crippen LogP contribution in [0.25, 0.3) is 0 Å². The average molecular weight is 237 g/mol. The van der Waals surface area contributed by atoms with Gasteiger partial charge in [-0.25, -0.2) is 0 Å². The van der Waals surface area contributed by atoms with E-state index in [4.69, 9.17) is 5.73 Å². The van der Waals surface area contributed by atoms with E-state index in [2.05, 4.69) is 13.8 Å². The third-order valence-corrected chi connectivity index (χ3v) is 6.10. The Hall–Kier alpha value is -0.0400. The van der Waals surface area contributed by atoms with Gasteiger partial charge in [-0.15, -0.1) is 0 Å². The predicted octanol–water partition coefficient (Wildman–Crippen LogP) is 4.50. The van der Waals surface area contributed by atoms with Gasteiger partial charge in [0.2, 0.25) is 0 Å². The quantitative estimate of drug-likeness (QED) is 0.676. The zero-order valence-corrected chi connectivity index (χ0v) is 11.9. The van der Waals surface area contributed by atoms with E-state index >= 15 is 0 Å². The first kappa shape index (κ1) is 13.4. The fraction of sp³-hybridized carbons (Fsp3) is 1.00. The molecule has 2 bridgehead atoms. The van der Waals surface area contributed by atoms with Crippen LogP contribution in [0, 0.1) is 16.7 Å². The average Bonchev–Trinajstić information content (AvgIpc) is 2.37. The summed E-state index contributed by atoms with van der Waals surface area (Å²) in [5.41, 5.74) is 7.06. The van der Waals surface area contributed by atoms with Gasteiger partial charge in [0.15, 0.2) is 0 Å². The number of fused-ring (bicyclic) bond motifs is 3. The van der Waals surface area contributed by atoms with Gasteiger partial charge in [0, 0.05) is 0 Å². The SMILES string of the molecule is CC(C)C12CCC(CCCCCN)(CC1)CC2. The van der Waals surface area contributed by atoms with Gasteiger partial charge in [-0.2, -0.15) is 0 Å². The van der Waals surface area contributed by atoms with E-state index in [0.717, 1.165) is 23.3 Å². The molecule has 1 heteroatoms. The Bertz CT molecular complexity index is 219. The predicted molar refractivity (Wildman–Crippen MR) is 74.9 cm³/mol. The molecule has 0 unspecified atom stereocenters. The molecule has 3 fully saturated rings. The summed E-state index contributed by atoms with van der Waals surface area (Å²) in [5.74, 6) is 0.901. The molecule has 0 aliphatic heterocycles. The highest BCUT2D eigenvalue weighted by Crippen LogP contribution is 2.61. The highest BCUT2D eigenvalue weighted by molar-refractivity contribution is 5.00. The molecular formula is C16H31N. The van der Waals surface area contributed by atoms with Crippen LogP contribution in [0.15, 0.2) is 0 Å². The molecule has 0 amide bonds. The summed E-state index contributed by atoms with van der Waals surface area (Å²) in [6.45, 7) is 5.77. The molecule has 3 aliphatic carbocycles. The lowest BCUT2D eigenvalue weighted by Gasteiger charge is -2.56. The number of nitrogens with two attached hydrogens (primary N) is 1. The number of hydrogen-bond acceptors (Lipinski definition) is 1. The maximum absolute atomic E-state index is 5.57. The van der Waals surface area contributed by atoms with Crippen molar-refractivity contribution in [2.75, 3.05) is 6.54 Å². The molecule has 0 aromatic rings. The molecule has 2 N–H and O–H groups in total. The molecule has 0 aromatic heterocycles. The molecule has 3 saturated carbocycles. The molecule has 0 heterocycles. The van der Waals surface area contributed by atoms with Crippen LogP contribution < -0.4 is 5.73 Å². The van der Waals surface area contributed by atoms with Crippen LogP contribution in [0.5, 0.6) is 0 Å². The van der Waals surface area contributed by atoms with Crippen LogP contribution in [0.1, 0.15) is 78.1 Å². The van der Waals surface area contributed by atoms with Crippen molar-refractivity contribution in [3.8, 4) is 0 Å². The zero-order valence-electron chi connectivity index (χ0n) is 11.9. The lowest BCUT2D eigenvalue weighted by atomic mass is 9.50. The van der Waals surface area contributed by atoms with E-state index in [1.165, 1.54) is 64.2 Å². The van der Waals surface area contributed by atoms with E-state index in [1.807, 2.05) is 0 Å². The molecule has 0 radical (unpaired) electrons. The van der Waals surface area contributed by atoms with Crippen molar-refractivity contribution >= 4 is 0 Å². The third kappa shape index (κ3) is 2.70. The summed E-state index contributed by atoms with van der Waals surface area (Å²) in [4.78, 5) is 0. The standard InChI is InChI=1S/C16H31N/c1-14(2)16-10-7-15(8-11-16,9-12-16)6-4-3-5-13-17/h14H,3-13,17H2,1-2H3. The van der Waals surface area contributed by atoms with Crippen molar-refractivity contribution in [2.24, 2.45) is 22.5 Å². The summed E-state index contributed by atoms with van der Waals surface area (Å²) in [5, 5.41) is 0. The molecule has 0 saturated heterocycles. The molecule has 0 aromatic carbocycles. The summed E-state index contributed by atoms with van der Waals surface area (Å²) in [6, 6.07) is 0. The molecule has 100 valence electrons. The van der Waals surface area contributed by atoms with Gasteiger partial charge >= 0.3 is 0 Å². The fourth-order valence-corrected chi connectivity index (χ4v) is 4.35. The second-order valence-electron chi connectivity index (χ2n) is 7.12. The summed E-state index contributed by atoms with van der Waals surface area (Å²) < 4.78 is 0. The Morgan fingerprint density at radius 3 is 1.94 bits per heavy atom. The van der Waals surface area contributed by atoms with Gasteiger partial charge in [-0.3, -0.25) is 0 Å².